The van der Waals surface area contributed by atoms with Gasteiger partial charge in [-0.15, -0.1) is 0 Å². The van der Waals surface area contributed by atoms with Crippen molar-refractivity contribution < 1.29 is 14.3 Å². The molecule has 0 saturated heterocycles. The van der Waals surface area contributed by atoms with E-state index in [0.29, 0.717) is 19.6 Å². The molecule has 120 valence electrons. The van der Waals surface area contributed by atoms with Crippen molar-refractivity contribution in [2.45, 2.75) is 19.9 Å². The summed E-state index contributed by atoms with van der Waals surface area (Å²) in [5.41, 5.74) is 3.34. The number of hydrogen-bond acceptors (Lipinski definition) is 3. The first-order valence-corrected chi connectivity index (χ1v) is 7.79. The minimum Gasteiger partial charge on any atom is -0.497 e. The molecule has 2 aromatic rings. The molecule has 0 aromatic heterocycles. The average molecular weight is 311 g/mol. The molecule has 0 spiro atoms. The van der Waals surface area contributed by atoms with Crippen LogP contribution in [0.2, 0.25) is 0 Å². The summed E-state index contributed by atoms with van der Waals surface area (Å²) >= 11 is 0. The Morgan fingerprint density at radius 1 is 1.30 bits per heavy atom. The third kappa shape index (κ3) is 3.47. The summed E-state index contributed by atoms with van der Waals surface area (Å²) in [5.74, 6) is 1.49. The van der Waals surface area contributed by atoms with E-state index in [1.54, 1.807) is 7.11 Å². The van der Waals surface area contributed by atoms with Gasteiger partial charge in [-0.2, -0.15) is 0 Å². The average Bonchev–Trinajstić information content (AvgIpc) is 2.59. The lowest BCUT2D eigenvalue weighted by Gasteiger charge is -2.25. The van der Waals surface area contributed by atoms with Crippen molar-refractivity contribution >= 4 is 5.91 Å². The van der Waals surface area contributed by atoms with Gasteiger partial charge in [0.2, 0.25) is 5.91 Å². The lowest BCUT2D eigenvalue weighted by atomic mass is 9.95. The lowest BCUT2D eigenvalue weighted by molar-refractivity contribution is -0.126. The van der Waals surface area contributed by atoms with E-state index in [1.165, 1.54) is 5.56 Å². The summed E-state index contributed by atoms with van der Waals surface area (Å²) < 4.78 is 11.0. The fourth-order valence-electron chi connectivity index (χ4n) is 2.80. The lowest BCUT2D eigenvalue weighted by Crippen LogP contribution is -2.37. The molecule has 3 rings (SSSR count). The van der Waals surface area contributed by atoms with E-state index in [0.717, 1.165) is 22.6 Å². The highest BCUT2D eigenvalue weighted by molar-refractivity contribution is 5.79. The molecule has 0 unspecified atom stereocenters. The van der Waals surface area contributed by atoms with Gasteiger partial charge in [0, 0.05) is 6.54 Å². The van der Waals surface area contributed by atoms with Crippen LogP contribution in [0.3, 0.4) is 0 Å². The highest BCUT2D eigenvalue weighted by Crippen LogP contribution is 2.30. The second-order valence-corrected chi connectivity index (χ2v) is 5.83. The number of hydrogen-bond donors (Lipinski definition) is 1. The van der Waals surface area contributed by atoms with E-state index in [1.807, 2.05) is 49.4 Å². The Morgan fingerprint density at radius 3 is 2.91 bits per heavy atom. The number of carbonyl (C=O) groups is 1. The van der Waals surface area contributed by atoms with E-state index in [-0.39, 0.29) is 11.8 Å². The van der Waals surface area contributed by atoms with Crippen LogP contribution in [0.4, 0.5) is 0 Å². The molecule has 0 bridgehead atoms. The molecule has 1 atom stereocenters. The molecule has 4 heteroatoms. The minimum atomic E-state index is -0.168. The largest absolute Gasteiger partial charge is 0.497 e. The molecule has 23 heavy (non-hydrogen) atoms. The molecule has 1 heterocycles. The Morgan fingerprint density at radius 2 is 2.13 bits per heavy atom. The van der Waals surface area contributed by atoms with Crippen LogP contribution in [0.5, 0.6) is 11.5 Å². The maximum Gasteiger partial charge on any atom is 0.227 e. The molecular formula is C19H21NO3. The number of amides is 1. The van der Waals surface area contributed by atoms with Gasteiger partial charge in [-0.25, -0.2) is 0 Å². The number of ether oxygens (including phenoxy) is 2. The standard InChI is InChI=1S/C19H21NO3/c1-13-5-3-4-6-14(13)11-20-19(21)16-9-15-10-17(22-2)7-8-18(15)23-12-16/h3-8,10,16H,9,11-12H2,1-2H3,(H,20,21)/t16-/m1/s1. The van der Waals surface area contributed by atoms with Crippen LogP contribution < -0.4 is 14.8 Å². The molecule has 0 aliphatic carbocycles. The molecule has 0 radical (unpaired) electrons. The summed E-state index contributed by atoms with van der Waals surface area (Å²) in [4.78, 5) is 12.4. The Balaban J connectivity index is 1.63. The van der Waals surface area contributed by atoms with Crippen molar-refractivity contribution in [1.82, 2.24) is 5.32 Å². The van der Waals surface area contributed by atoms with Crippen molar-refractivity contribution in [1.29, 1.82) is 0 Å². The zero-order chi connectivity index (χ0) is 16.2. The summed E-state index contributed by atoms with van der Waals surface area (Å²) in [6, 6.07) is 13.8. The van der Waals surface area contributed by atoms with E-state index in [4.69, 9.17) is 9.47 Å². The first kappa shape index (κ1) is 15.4. The maximum absolute atomic E-state index is 12.4. The predicted octanol–water partition coefficient (Wildman–Crippen LogP) is 2.87. The smallest absolute Gasteiger partial charge is 0.227 e. The maximum atomic E-state index is 12.4. The summed E-state index contributed by atoms with van der Waals surface area (Å²) in [5, 5.41) is 3.02. The van der Waals surface area contributed by atoms with Gasteiger partial charge in [0.15, 0.2) is 0 Å². The van der Waals surface area contributed by atoms with Crippen LogP contribution >= 0.6 is 0 Å². The minimum absolute atomic E-state index is 0.0294. The molecular weight excluding hydrogens is 290 g/mol. The fourth-order valence-corrected chi connectivity index (χ4v) is 2.80. The fraction of sp³-hybridized carbons (Fsp3) is 0.316. The van der Waals surface area contributed by atoms with Gasteiger partial charge in [-0.3, -0.25) is 4.79 Å². The number of methoxy groups -OCH3 is 1. The van der Waals surface area contributed by atoms with Crippen LogP contribution in [0.1, 0.15) is 16.7 Å². The zero-order valence-corrected chi connectivity index (χ0v) is 13.5. The van der Waals surface area contributed by atoms with E-state index in [2.05, 4.69) is 5.32 Å². The highest BCUT2D eigenvalue weighted by Gasteiger charge is 2.26. The number of aryl methyl sites for hydroxylation is 1. The van der Waals surface area contributed by atoms with E-state index >= 15 is 0 Å². The van der Waals surface area contributed by atoms with Gasteiger partial charge in [-0.1, -0.05) is 24.3 Å². The van der Waals surface area contributed by atoms with Crippen LogP contribution in [-0.4, -0.2) is 19.6 Å². The first-order valence-electron chi connectivity index (χ1n) is 7.79. The number of nitrogens with one attached hydrogen (secondary N) is 1. The normalized spacial score (nSPS) is 16.2. The van der Waals surface area contributed by atoms with E-state index in [9.17, 15) is 4.79 Å². The molecule has 1 N–H and O–H groups in total. The van der Waals surface area contributed by atoms with Crippen molar-refractivity contribution in [3.63, 3.8) is 0 Å². The predicted molar refractivity (Wildman–Crippen MR) is 88.7 cm³/mol. The summed E-state index contributed by atoms with van der Waals surface area (Å²) in [6.45, 7) is 3.01. The molecule has 1 amide bonds. The van der Waals surface area contributed by atoms with Crippen molar-refractivity contribution in [3.05, 3.63) is 59.2 Å². The number of carbonyl (C=O) groups excluding carboxylic acids is 1. The Hall–Kier alpha value is -2.49. The third-order valence-electron chi connectivity index (χ3n) is 4.26. The van der Waals surface area contributed by atoms with Crippen molar-refractivity contribution in [2.24, 2.45) is 5.92 Å². The summed E-state index contributed by atoms with van der Waals surface area (Å²) in [7, 11) is 1.64. The van der Waals surface area contributed by atoms with Gasteiger partial charge in [0.1, 0.15) is 18.1 Å². The number of benzene rings is 2. The van der Waals surface area contributed by atoms with Gasteiger partial charge in [0.25, 0.3) is 0 Å². The molecule has 0 saturated carbocycles. The van der Waals surface area contributed by atoms with Crippen LogP contribution in [-0.2, 0) is 17.8 Å². The molecule has 0 fully saturated rings. The van der Waals surface area contributed by atoms with Gasteiger partial charge < -0.3 is 14.8 Å². The third-order valence-corrected chi connectivity index (χ3v) is 4.26. The van der Waals surface area contributed by atoms with Crippen LogP contribution in [0.15, 0.2) is 42.5 Å². The van der Waals surface area contributed by atoms with Gasteiger partial charge in [-0.05, 0) is 48.2 Å². The van der Waals surface area contributed by atoms with Crippen molar-refractivity contribution in [2.75, 3.05) is 13.7 Å². The quantitative estimate of drug-likeness (QED) is 0.944. The molecule has 2 aromatic carbocycles. The molecule has 1 aliphatic rings. The number of rotatable bonds is 4. The van der Waals surface area contributed by atoms with Crippen LogP contribution in [0.25, 0.3) is 0 Å². The first-order chi connectivity index (χ1) is 11.2. The SMILES string of the molecule is COc1ccc2c(c1)C[C@@H](C(=O)NCc1ccccc1C)CO2. The Bertz CT molecular complexity index is 712. The number of fused-ring (bicyclic) bond motifs is 1. The Labute approximate surface area is 136 Å². The Kier molecular flexibility index (Phi) is 4.51. The summed E-state index contributed by atoms with van der Waals surface area (Å²) in [6.07, 6.45) is 0.673. The van der Waals surface area contributed by atoms with Gasteiger partial charge in [0.05, 0.1) is 13.0 Å². The van der Waals surface area contributed by atoms with E-state index < -0.39 is 0 Å². The van der Waals surface area contributed by atoms with Crippen LogP contribution in [0, 0.1) is 12.8 Å². The molecule has 4 nitrogen and oxygen atoms in total. The zero-order valence-electron chi connectivity index (χ0n) is 13.5. The van der Waals surface area contributed by atoms with Gasteiger partial charge >= 0.3 is 0 Å². The second-order valence-electron chi connectivity index (χ2n) is 5.83. The second kappa shape index (κ2) is 6.73. The molecule has 1 aliphatic heterocycles. The monoisotopic (exact) mass is 311 g/mol. The van der Waals surface area contributed by atoms with Crippen molar-refractivity contribution in [3.8, 4) is 11.5 Å². The highest BCUT2D eigenvalue weighted by atomic mass is 16.5. The topological polar surface area (TPSA) is 47.6 Å².